The minimum Gasteiger partial charge on any atom is -0.347 e. The van der Waals surface area contributed by atoms with Crippen molar-refractivity contribution in [2.45, 2.75) is 31.7 Å². The standard InChI is InChI=1S/C23H25N3O2S/c1-14-10-15(2)21-18(11-14)22(27)19-13-26(9-8-20(19)25(21)3)23(28)24-16-6-5-7-17(12-16)29-4/h5-7,10-12H,8-9,13H2,1-4H3,(H,24,28). The number of nitrogens with one attached hydrogen (secondary N) is 1. The van der Waals surface area contributed by atoms with Gasteiger partial charge >= 0.3 is 6.03 Å². The van der Waals surface area contributed by atoms with E-state index in [4.69, 9.17) is 0 Å². The second-order valence-electron chi connectivity index (χ2n) is 7.63. The number of carbonyl (C=O) groups excluding carboxylic acids is 1. The van der Waals surface area contributed by atoms with Gasteiger partial charge < -0.3 is 14.8 Å². The number of amides is 2. The van der Waals surface area contributed by atoms with Gasteiger partial charge in [-0.1, -0.05) is 12.1 Å². The molecule has 2 aromatic carbocycles. The van der Waals surface area contributed by atoms with E-state index in [1.54, 1.807) is 16.7 Å². The van der Waals surface area contributed by atoms with Crippen LogP contribution in [-0.2, 0) is 20.0 Å². The molecule has 1 aliphatic heterocycles. The van der Waals surface area contributed by atoms with Gasteiger partial charge in [0.15, 0.2) is 5.43 Å². The average molecular weight is 408 g/mol. The minimum absolute atomic E-state index is 0.0433. The van der Waals surface area contributed by atoms with Gasteiger partial charge in [-0.15, -0.1) is 11.8 Å². The van der Waals surface area contributed by atoms with Gasteiger partial charge in [0.25, 0.3) is 0 Å². The fourth-order valence-corrected chi connectivity index (χ4v) is 4.74. The van der Waals surface area contributed by atoms with Gasteiger partial charge in [-0.25, -0.2) is 4.79 Å². The van der Waals surface area contributed by atoms with Crippen LogP contribution in [0.4, 0.5) is 10.5 Å². The number of aromatic nitrogens is 1. The van der Waals surface area contributed by atoms with Gasteiger partial charge in [0.05, 0.1) is 12.1 Å². The third-order valence-corrected chi connectivity index (χ3v) is 6.35. The number of carbonyl (C=O) groups is 1. The van der Waals surface area contributed by atoms with Crippen LogP contribution in [0.25, 0.3) is 10.9 Å². The van der Waals surface area contributed by atoms with E-state index in [1.165, 1.54) is 0 Å². The second kappa shape index (κ2) is 7.59. The van der Waals surface area contributed by atoms with Crippen LogP contribution < -0.4 is 10.7 Å². The quantitative estimate of drug-likeness (QED) is 0.638. The summed E-state index contributed by atoms with van der Waals surface area (Å²) in [5.74, 6) is 0. The van der Waals surface area contributed by atoms with Crippen LogP contribution in [0.15, 0.2) is 46.1 Å². The number of thioether (sulfide) groups is 1. The third-order valence-electron chi connectivity index (χ3n) is 5.63. The summed E-state index contributed by atoms with van der Waals surface area (Å²) < 4.78 is 2.14. The molecule has 5 nitrogen and oxygen atoms in total. The molecular weight excluding hydrogens is 382 g/mol. The molecular formula is C23H25N3O2S. The molecule has 0 radical (unpaired) electrons. The lowest BCUT2D eigenvalue weighted by Gasteiger charge is -2.31. The summed E-state index contributed by atoms with van der Waals surface area (Å²) in [5.41, 5.74) is 5.74. The Kier molecular flexibility index (Phi) is 5.13. The molecule has 0 saturated carbocycles. The summed E-state index contributed by atoms with van der Waals surface area (Å²) in [7, 11) is 2.02. The highest BCUT2D eigenvalue weighted by Crippen LogP contribution is 2.25. The van der Waals surface area contributed by atoms with Crippen molar-refractivity contribution in [1.82, 2.24) is 9.47 Å². The van der Waals surface area contributed by atoms with Crippen molar-refractivity contribution < 1.29 is 4.79 Å². The normalized spacial score (nSPS) is 13.4. The molecule has 0 fully saturated rings. The molecule has 4 rings (SSSR count). The molecule has 0 saturated heterocycles. The highest BCUT2D eigenvalue weighted by Gasteiger charge is 2.26. The summed E-state index contributed by atoms with van der Waals surface area (Å²) in [4.78, 5) is 28.9. The molecule has 2 amide bonds. The Balaban J connectivity index is 1.67. The van der Waals surface area contributed by atoms with E-state index in [0.29, 0.717) is 19.5 Å². The lowest BCUT2D eigenvalue weighted by molar-refractivity contribution is 0.205. The summed E-state index contributed by atoms with van der Waals surface area (Å²) in [5, 5.41) is 3.71. The molecule has 6 heteroatoms. The van der Waals surface area contributed by atoms with E-state index < -0.39 is 0 Å². The number of aryl methyl sites for hydroxylation is 3. The molecule has 1 aliphatic rings. The first-order chi connectivity index (χ1) is 13.9. The number of pyridine rings is 1. The van der Waals surface area contributed by atoms with E-state index >= 15 is 0 Å². The maximum atomic E-state index is 13.3. The smallest absolute Gasteiger partial charge is 0.322 e. The van der Waals surface area contributed by atoms with E-state index in [-0.39, 0.29) is 11.5 Å². The molecule has 1 aromatic heterocycles. The zero-order chi connectivity index (χ0) is 20.7. The molecule has 0 aliphatic carbocycles. The van der Waals surface area contributed by atoms with E-state index in [2.05, 4.69) is 16.0 Å². The molecule has 3 aromatic rings. The van der Waals surface area contributed by atoms with Crippen LogP contribution in [0.3, 0.4) is 0 Å². The van der Waals surface area contributed by atoms with Gasteiger partial charge in [0.2, 0.25) is 0 Å². The van der Waals surface area contributed by atoms with Gasteiger partial charge in [-0.3, -0.25) is 4.79 Å². The van der Waals surface area contributed by atoms with Gasteiger partial charge in [-0.2, -0.15) is 0 Å². The Morgan fingerprint density at radius 1 is 1.17 bits per heavy atom. The number of hydrogen-bond acceptors (Lipinski definition) is 3. The van der Waals surface area contributed by atoms with Crippen LogP contribution in [0.2, 0.25) is 0 Å². The molecule has 2 heterocycles. The summed E-state index contributed by atoms with van der Waals surface area (Å²) in [6.45, 7) is 4.98. The molecule has 29 heavy (non-hydrogen) atoms. The largest absolute Gasteiger partial charge is 0.347 e. The molecule has 1 N–H and O–H groups in total. The van der Waals surface area contributed by atoms with Crippen molar-refractivity contribution in [1.29, 1.82) is 0 Å². The number of fused-ring (bicyclic) bond motifs is 2. The Hall–Kier alpha value is -2.73. The maximum Gasteiger partial charge on any atom is 0.322 e. The fraction of sp³-hybridized carbons (Fsp3) is 0.304. The average Bonchev–Trinajstić information content (AvgIpc) is 2.71. The lowest BCUT2D eigenvalue weighted by atomic mass is 9.98. The Labute approximate surface area is 174 Å². The van der Waals surface area contributed by atoms with Crippen molar-refractivity contribution in [3.63, 3.8) is 0 Å². The predicted molar refractivity (Wildman–Crippen MR) is 120 cm³/mol. The monoisotopic (exact) mass is 407 g/mol. The Bertz CT molecular complexity index is 1180. The highest BCUT2D eigenvalue weighted by atomic mass is 32.2. The van der Waals surface area contributed by atoms with Crippen molar-refractivity contribution in [3.05, 3.63) is 69.0 Å². The summed E-state index contributed by atoms with van der Waals surface area (Å²) >= 11 is 1.63. The number of rotatable bonds is 2. The van der Waals surface area contributed by atoms with Crippen LogP contribution in [0.1, 0.15) is 22.4 Å². The molecule has 0 bridgehead atoms. The number of hydrogen-bond donors (Lipinski definition) is 1. The first-order valence-electron chi connectivity index (χ1n) is 9.70. The van der Waals surface area contributed by atoms with Crippen LogP contribution in [0, 0.1) is 13.8 Å². The predicted octanol–water partition coefficient (Wildman–Crippen LogP) is 4.47. The van der Waals surface area contributed by atoms with Crippen molar-refractivity contribution >= 4 is 34.4 Å². The topological polar surface area (TPSA) is 54.3 Å². The van der Waals surface area contributed by atoms with Crippen LogP contribution in [0.5, 0.6) is 0 Å². The molecule has 0 unspecified atom stereocenters. The molecule has 0 atom stereocenters. The first-order valence-corrected chi connectivity index (χ1v) is 10.9. The Morgan fingerprint density at radius 3 is 2.72 bits per heavy atom. The lowest BCUT2D eigenvalue weighted by Crippen LogP contribution is -2.42. The fourth-order valence-electron chi connectivity index (χ4n) is 4.28. The summed E-state index contributed by atoms with van der Waals surface area (Å²) in [6, 6.07) is 11.7. The van der Waals surface area contributed by atoms with Crippen LogP contribution in [-0.4, -0.2) is 28.3 Å². The van der Waals surface area contributed by atoms with Crippen molar-refractivity contribution in [3.8, 4) is 0 Å². The first kappa shape index (κ1) is 19.6. The van der Waals surface area contributed by atoms with Crippen LogP contribution >= 0.6 is 11.8 Å². The summed E-state index contributed by atoms with van der Waals surface area (Å²) in [6.07, 6.45) is 2.68. The van der Waals surface area contributed by atoms with E-state index in [1.807, 2.05) is 57.5 Å². The number of nitrogens with zero attached hydrogens (tertiary/aromatic N) is 2. The second-order valence-corrected chi connectivity index (χ2v) is 8.50. The van der Waals surface area contributed by atoms with Gasteiger partial charge in [0.1, 0.15) is 0 Å². The molecule has 150 valence electrons. The zero-order valence-corrected chi connectivity index (χ0v) is 18.0. The minimum atomic E-state index is -0.170. The zero-order valence-electron chi connectivity index (χ0n) is 17.2. The highest BCUT2D eigenvalue weighted by molar-refractivity contribution is 7.98. The van der Waals surface area contributed by atoms with E-state index in [0.717, 1.165) is 43.9 Å². The Morgan fingerprint density at radius 2 is 1.97 bits per heavy atom. The third kappa shape index (κ3) is 3.53. The number of urea groups is 1. The SMILES string of the molecule is CSc1cccc(NC(=O)N2CCc3c(c(=O)c4cc(C)cc(C)c4n3C)C2)c1. The van der Waals surface area contributed by atoms with Gasteiger partial charge in [0, 0.05) is 47.2 Å². The maximum absolute atomic E-state index is 13.3. The molecule has 0 spiro atoms. The van der Waals surface area contributed by atoms with Crippen molar-refractivity contribution in [2.24, 2.45) is 7.05 Å². The van der Waals surface area contributed by atoms with Gasteiger partial charge in [-0.05, 0) is 55.5 Å². The number of anilines is 1. The van der Waals surface area contributed by atoms with E-state index in [9.17, 15) is 9.59 Å². The van der Waals surface area contributed by atoms with Crippen molar-refractivity contribution in [2.75, 3.05) is 18.1 Å². The number of benzene rings is 2.